The largest absolute Gasteiger partial charge is 0.277 e. The topological polar surface area (TPSA) is 61.4 Å². The van der Waals surface area contributed by atoms with Crippen LogP contribution in [-0.4, -0.2) is 29.1 Å². The molecule has 0 amide bonds. The highest BCUT2D eigenvalue weighted by atomic mass is 32.1. The fourth-order valence-electron chi connectivity index (χ4n) is 19.6. The van der Waals surface area contributed by atoms with E-state index in [0.29, 0.717) is 11.9 Å². The van der Waals surface area contributed by atoms with E-state index in [9.17, 15) is 0 Å². The minimum Gasteiger partial charge on any atom is -0.277 e. The van der Waals surface area contributed by atoms with Crippen molar-refractivity contribution in [3.63, 3.8) is 0 Å². The van der Waals surface area contributed by atoms with Crippen LogP contribution in [0.25, 0.3) is 259 Å². The van der Waals surface area contributed by atoms with Crippen molar-refractivity contribution in [2.45, 2.75) is 0 Å². The lowest BCUT2D eigenvalue weighted by atomic mass is 9.91. The first kappa shape index (κ1) is 60.7. The van der Waals surface area contributed by atoms with Gasteiger partial charge >= 0.3 is 0 Å². The Hall–Kier alpha value is -14.3. The Kier molecular flexibility index (Phi) is 12.3. The summed E-state index contributed by atoms with van der Waals surface area (Å²) in [6.07, 6.45) is 0. The van der Waals surface area contributed by atoms with Gasteiger partial charge in [0.15, 0.2) is 0 Å². The lowest BCUT2D eigenvalue weighted by Crippen LogP contribution is -2.04. The fourth-order valence-corrected chi connectivity index (χ4v) is 22.1. The first-order valence-corrected chi connectivity index (χ1v) is 39.9. The molecule has 0 N–H and O–H groups in total. The molecule has 0 aliphatic heterocycles. The average molecular weight is 1450 g/mol. The smallest absolute Gasteiger partial charge is 0.235 e. The second-order valence-corrected chi connectivity index (χ2v) is 32.2. The third-order valence-corrected chi connectivity index (χ3v) is 26.9. The van der Waals surface area contributed by atoms with Crippen molar-refractivity contribution in [3.05, 3.63) is 340 Å². The van der Waals surface area contributed by atoms with Crippen LogP contribution in [0.2, 0.25) is 0 Å². The molecule has 6 nitrogen and oxygen atoms in total. The molecule has 0 spiro atoms. The Morgan fingerprint density at radius 1 is 0.214 bits per heavy atom. The number of rotatable bonds is 5. The number of hydrogen-bond acceptors (Lipinski definition) is 6. The molecule has 6 heterocycles. The molecular formula is C104H56N6S2. The monoisotopic (exact) mass is 1450 g/mol. The molecule has 20 aromatic carbocycles. The van der Waals surface area contributed by atoms with Gasteiger partial charge in [-0.05, 0) is 134 Å². The van der Waals surface area contributed by atoms with Crippen molar-refractivity contribution >= 4 is 236 Å². The number of thiophene rings is 2. The Balaban J connectivity index is 0.686. The van der Waals surface area contributed by atoms with Crippen molar-refractivity contribution in [1.82, 2.24) is 29.1 Å². The number of hydrogen-bond donors (Lipinski definition) is 0. The van der Waals surface area contributed by atoms with E-state index in [2.05, 4.69) is 349 Å². The molecule has 0 saturated carbocycles. The standard InChI is InChI=1S/C104H56N6S2/c1-4-22-63-57(19-1)44-52-86-93(63)98(85-37-18-34-79-73-31-15-16-38-89(73)111-102(79)85)108-103(105-86)109-87-53-50-77-71-29-9-7-26-68(71)70-28-12-14-33-76(70)92(77)95(87)82-48-43-62-55-60(41-45-66(62)100(82)109)61-42-46-74-80-35-17-36-84(101(80)112-90(74)56-61)97-83-49-40-58-20-2-5-23-64(58)96(83)106-104(107-97)110-88-54-51-78-72-30-10-8-25-67(72)69-27-11-13-32-75(69)91(78)94(88)81-47-39-59-21-3-6-24-65(59)99(81)110/h1-56H. The van der Waals surface area contributed by atoms with Crippen LogP contribution in [0.15, 0.2) is 340 Å². The third kappa shape index (κ3) is 8.30. The van der Waals surface area contributed by atoms with Gasteiger partial charge in [-0.25, -0.2) is 19.9 Å². The second-order valence-electron chi connectivity index (χ2n) is 30.1. The highest BCUT2D eigenvalue weighted by Crippen LogP contribution is 2.51. The van der Waals surface area contributed by atoms with Crippen LogP contribution >= 0.6 is 22.7 Å². The van der Waals surface area contributed by atoms with Gasteiger partial charge in [0.1, 0.15) is 0 Å². The fraction of sp³-hybridized carbons (Fsp3) is 0. The summed E-state index contributed by atoms with van der Waals surface area (Å²) < 4.78 is 9.62. The molecule has 0 radical (unpaired) electrons. The van der Waals surface area contributed by atoms with Crippen molar-refractivity contribution in [1.29, 1.82) is 0 Å². The van der Waals surface area contributed by atoms with E-state index in [4.69, 9.17) is 19.9 Å². The Labute approximate surface area is 645 Å². The Bertz CT molecular complexity index is 8730. The molecule has 8 heteroatoms. The van der Waals surface area contributed by atoms with Crippen molar-refractivity contribution in [3.8, 4) is 45.5 Å². The van der Waals surface area contributed by atoms with E-state index in [0.717, 1.165) is 126 Å². The van der Waals surface area contributed by atoms with Gasteiger partial charge in [0.25, 0.3) is 0 Å². The van der Waals surface area contributed by atoms with Crippen LogP contribution in [-0.2, 0) is 0 Å². The maximum atomic E-state index is 5.97. The second kappa shape index (κ2) is 22.7. The summed E-state index contributed by atoms with van der Waals surface area (Å²) in [7, 11) is 0. The maximum Gasteiger partial charge on any atom is 0.235 e. The summed E-state index contributed by atoms with van der Waals surface area (Å²) in [6, 6.07) is 126. The predicted molar refractivity (Wildman–Crippen MR) is 478 cm³/mol. The van der Waals surface area contributed by atoms with Crippen LogP contribution < -0.4 is 0 Å². The molecule has 0 aliphatic carbocycles. The quantitative estimate of drug-likeness (QED) is 0.161. The van der Waals surface area contributed by atoms with E-state index >= 15 is 0 Å². The van der Waals surface area contributed by atoms with Gasteiger partial charge in [-0.1, -0.05) is 297 Å². The van der Waals surface area contributed by atoms with Crippen molar-refractivity contribution in [2.75, 3.05) is 0 Å². The molecule has 0 unspecified atom stereocenters. The van der Waals surface area contributed by atoms with Crippen LogP contribution in [0.5, 0.6) is 0 Å². The maximum absolute atomic E-state index is 5.97. The number of nitrogens with zero attached hydrogens (tertiary/aromatic N) is 6. The zero-order valence-corrected chi connectivity index (χ0v) is 61.5. The van der Waals surface area contributed by atoms with E-state index in [-0.39, 0.29) is 0 Å². The van der Waals surface area contributed by atoms with Gasteiger partial charge in [0.2, 0.25) is 11.9 Å². The molecule has 6 aromatic heterocycles. The van der Waals surface area contributed by atoms with E-state index in [1.165, 1.54) is 121 Å². The zero-order valence-electron chi connectivity index (χ0n) is 59.8. The molecule has 0 aliphatic rings. The summed E-state index contributed by atoms with van der Waals surface area (Å²) in [4.78, 5) is 23.5. The average Bonchev–Trinajstić information content (AvgIpc) is 1.54. The number of fused-ring (bicyclic) bond motifs is 36. The molecule has 26 rings (SSSR count). The third-order valence-electron chi connectivity index (χ3n) is 24.4. The molecule has 26 aromatic rings. The Morgan fingerprint density at radius 3 is 1.22 bits per heavy atom. The molecule has 0 atom stereocenters. The summed E-state index contributed by atoms with van der Waals surface area (Å²) in [5.41, 5.74) is 12.3. The first-order valence-electron chi connectivity index (χ1n) is 38.2. The molecule has 0 bridgehead atoms. The van der Waals surface area contributed by atoms with Gasteiger partial charge < -0.3 is 0 Å². The van der Waals surface area contributed by atoms with E-state index < -0.39 is 0 Å². The van der Waals surface area contributed by atoms with Crippen LogP contribution in [0, 0.1) is 0 Å². The van der Waals surface area contributed by atoms with Gasteiger partial charge in [0, 0.05) is 111 Å². The molecule has 0 saturated heterocycles. The van der Waals surface area contributed by atoms with Gasteiger partial charge in [-0.2, -0.15) is 0 Å². The first-order chi connectivity index (χ1) is 55.6. The van der Waals surface area contributed by atoms with Crippen molar-refractivity contribution < 1.29 is 0 Å². The summed E-state index contributed by atoms with van der Waals surface area (Å²) in [5, 5.41) is 35.5. The highest BCUT2D eigenvalue weighted by Gasteiger charge is 2.28. The number of benzene rings is 20. The van der Waals surface area contributed by atoms with Crippen LogP contribution in [0.1, 0.15) is 0 Å². The lowest BCUT2D eigenvalue weighted by Gasteiger charge is -2.15. The minimum absolute atomic E-state index is 0.628. The normalized spacial score (nSPS) is 12.5. The molecule has 514 valence electrons. The summed E-state index contributed by atoms with van der Waals surface area (Å²) in [6.45, 7) is 0. The lowest BCUT2D eigenvalue weighted by molar-refractivity contribution is 1.02. The molecular weight excluding hydrogens is 1400 g/mol. The zero-order chi connectivity index (χ0) is 72.7. The van der Waals surface area contributed by atoms with Gasteiger partial charge in [-0.3, -0.25) is 9.13 Å². The predicted octanol–water partition coefficient (Wildman–Crippen LogP) is 29.0. The van der Waals surface area contributed by atoms with Crippen molar-refractivity contribution in [2.24, 2.45) is 0 Å². The van der Waals surface area contributed by atoms with Crippen LogP contribution in [0.3, 0.4) is 0 Å². The summed E-state index contributed by atoms with van der Waals surface area (Å²) in [5.74, 6) is 1.26. The molecule has 112 heavy (non-hydrogen) atoms. The van der Waals surface area contributed by atoms with Crippen LogP contribution in [0.4, 0.5) is 0 Å². The van der Waals surface area contributed by atoms with E-state index in [1.54, 1.807) is 0 Å². The Morgan fingerprint density at radius 2 is 0.607 bits per heavy atom. The highest BCUT2D eigenvalue weighted by molar-refractivity contribution is 7.26. The summed E-state index contributed by atoms with van der Waals surface area (Å²) >= 11 is 3.69. The molecule has 0 fully saturated rings. The number of aromatic nitrogens is 6. The van der Waals surface area contributed by atoms with E-state index in [1.807, 2.05) is 22.7 Å². The minimum atomic E-state index is 0.628. The van der Waals surface area contributed by atoms with Gasteiger partial charge in [-0.15, -0.1) is 22.7 Å². The SMILES string of the molecule is c1ccc2c(c1)ccc1c(-c3cccc4c3sc3cc(-c5ccc6c(ccc7c8c9c%10ccccc%10c%10ccccc%10c9ccc8n(-c8nc(-c9cccc%10c9sc9ccccc9%10)c9c(ccc%10ccccc%109)n8)c67)c5)ccc34)nc(-n3c4ccc5c6ccccc6c6ccccc6c5c4c4ccc5ccccc5c43)nc12. The van der Waals surface area contributed by atoms with Gasteiger partial charge in [0.05, 0.1) is 44.5 Å².